The zero-order chi connectivity index (χ0) is 36.0. The average molecular weight is 624 g/mol. The first-order chi connectivity index (χ1) is 23.6. The highest BCUT2D eigenvalue weighted by molar-refractivity contribution is 6.36. The number of fused-ring (bicyclic) bond motifs is 2. The first-order valence-electron chi connectivity index (χ1n) is 17.6. The molecule has 9 nitrogen and oxygen atoms in total. The van der Waals surface area contributed by atoms with Crippen molar-refractivity contribution in [3.8, 4) is 6.01 Å². The third-order valence-electron chi connectivity index (χ3n) is 8.73. The fourth-order valence-electron chi connectivity index (χ4n) is 6.27. The Kier molecular flexibility index (Phi) is 6.51. The first kappa shape index (κ1) is 23.4. The second-order valence-electron chi connectivity index (χ2n) is 11.8. The van der Waals surface area contributed by atoms with Gasteiger partial charge in [-0.2, -0.15) is 9.97 Å². The van der Waals surface area contributed by atoms with Crippen LogP contribution in [0.4, 0.5) is 15.9 Å². The van der Waals surface area contributed by atoms with Crippen molar-refractivity contribution in [1.29, 1.82) is 0 Å². The number of piperazine rings is 1. The van der Waals surface area contributed by atoms with Crippen molar-refractivity contribution in [3.63, 3.8) is 0 Å². The molecule has 0 radical (unpaired) electrons. The number of aromatic nitrogens is 2. The number of anilines is 2. The van der Waals surface area contributed by atoms with E-state index in [0.717, 1.165) is 22.0 Å². The smallest absolute Gasteiger partial charge is 0.318 e. The van der Waals surface area contributed by atoms with Crippen LogP contribution in [0, 0.1) is 12.0 Å². The van der Waals surface area contributed by atoms with E-state index in [1.54, 1.807) is 0 Å². The van der Waals surface area contributed by atoms with Gasteiger partial charge in [-0.15, -0.1) is 0 Å². The number of benzene rings is 2. The number of halogens is 2. The van der Waals surface area contributed by atoms with Crippen LogP contribution in [0.15, 0.2) is 48.8 Å². The molecule has 2 fully saturated rings. The van der Waals surface area contributed by atoms with Gasteiger partial charge in [0, 0.05) is 63.0 Å². The van der Waals surface area contributed by atoms with Gasteiger partial charge in [0.05, 0.1) is 23.9 Å². The van der Waals surface area contributed by atoms with Gasteiger partial charge in [-0.25, -0.2) is 11.0 Å². The second-order valence-corrected chi connectivity index (χ2v) is 12.2. The summed E-state index contributed by atoms with van der Waals surface area (Å²) in [6, 6.07) is 11.2. The fraction of sp³-hybridized carbons (Fsp3) is 0.455. The van der Waals surface area contributed by atoms with E-state index < -0.39 is 37.1 Å². The van der Waals surface area contributed by atoms with Crippen LogP contribution in [0.25, 0.3) is 15.6 Å². The van der Waals surface area contributed by atoms with Crippen molar-refractivity contribution < 1.29 is 22.1 Å². The minimum Gasteiger partial charge on any atom is -0.463 e. The lowest BCUT2D eigenvalue weighted by atomic mass is 10.0. The van der Waals surface area contributed by atoms with E-state index in [4.69, 9.17) is 41.1 Å². The van der Waals surface area contributed by atoms with Crippen molar-refractivity contribution in [2.45, 2.75) is 31.8 Å². The summed E-state index contributed by atoms with van der Waals surface area (Å²) in [6.45, 7) is 6.48. The quantitative estimate of drug-likeness (QED) is 0.246. The molecule has 2 aliphatic heterocycles. The maximum Gasteiger partial charge on any atom is 0.318 e. The number of hydrogen-bond donors (Lipinski definition) is 0. The third-order valence-corrected chi connectivity index (χ3v) is 9.05. The van der Waals surface area contributed by atoms with Crippen LogP contribution < -0.4 is 14.5 Å². The first-order valence-corrected chi connectivity index (χ1v) is 14.9. The predicted molar refractivity (Wildman–Crippen MR) is 171 cm³/mol. The van der Waals surface area contributed by atoms with Crippen molar-refractivity contribution in [3.05, 3.63) is 76.5 Å². The second kappa shape index (κ2) is 12.2. The number of nitrogens with zero attached hydrogens (tertiary/aromatic N) is 7. The Morgan fingerprint density at radius 2 is 2.02 bits per heavy atom. The molecule has 6 rings (SSSR count). The highest BCUT2D eigenvalue weighted by atomic mass is 35.5. The SMILES string of the molecule is [2H]C([2H])([2H])N(CC1(COc2nc3c(c(N4CCN(C(=O)C(=C)F)[C@@H](C[N+]#[C-])C4)n2)CCN(c2cccc4cccc(Cl)c24)C3)CC1)C([2H])([2H])[2H]. The highest BCUT2D eigenvalue weighted by Gasteiger charge is 2.44. The number of carbonyl (C=O) groups is 1. The molecule has 0 spiro atoms. The third kappa shape index (κ3) is 6.04. The molecule has 3 aliphatic rings. The summed E-state index contributed by atoms with van der Waals surface area (Å²) in [7, 11) is 0. The molecule has 1 aliphatic carbocycles. The number of rotatable bonds is 9. The summed E-state index contributed by atoms with van der Waals surface area (Å²) in [4.78, 5) is 31.8. The van der Waals surface area contributed by atoms with Gasteiger partial charge in [0.1, 0.15) is 11.9 Å². The minimum atomic E-state index is -2.82. The molecule has 1 saturated heterocycles. The maximum absolute atomic E-state index is 13.9. The molecular formula is C33H37ClFN7O2. The van der Waals surface area contributed by atoms with Crippen LogP contribution in [0.5, 0.6) is 6.01 Å². The van der Waals surface area contributed by atoms with Crippen LogP contribution in [-0.4, -0.2) is 91.5 Å². The van der Waals surface area contributed by atoms with E-state index in [2.05, 4.69) is 16.3 Å². The molecule has 3 aromatic rings. The molecule has 1 saturated carbocycles. The number of hydrogen-bond acceptors (Lipinski definition) is 7. The summed E-state index contributed by atoms with van der Waals surface area (Å²) in [6.07, 6.45) is 1.73. The standard InChI is InChI=1S/C33H37ClFN7O2/c1-22(35)31(43)42-16-15-41(18-24(42)17-36-2)30-25-11-14-40(28-10-6-8-23-7-5-9-26(34)29(23)28)19-27(25)37-32(38-30)44-21-33(12-13-33)20-39(3)4/h5-10,24H,1,11-21H2,3-4H3/t24-/m0/s1/i3D3,4D3. The van der Waals surface area contributed by atoms with Crippen LogP contribution in [0.2, 0.25) is 5.02 Å². The molecule has 230 valence electrons. The molecule has 11 heteroatoms. The Balaban J connectivity index is 1.33. The molecule has 1 atom stereocenters. The zero-order valence-electron chi connectivity index (χ0n) is 30.2. The summed E-state index contributed by atoms with van der Waals surface area (Å²) >= 11 is 6.68. The summed E-state index contributed by atoms with van der Waals surface area (Å²) < 4.78 is 66.9. The van der Waals surface area contributed by atoms with Gasteiger partial charge < -0.3 is 29.2 Å². The van der Waals surface area contributed by atoms with Crippen LogP contribution in [0.3, 0.4) is 0 Å². The Hall–Kier alpha value is -3.94. The highest BCUT2D eigenvalue weighted by Crippen LogP contribution is 2.46. The molecule has 1 amide bonds. The van der Waals surface area contributed by atoms with Gasteiger partial charge in [0.25, 0.3) is 5.91 Å². The lowest BCUT2D eigenvalue weighted by Gasteiger charge is -2.41. The number of carbonyl (C=O) groups excluding carboxylic acids is 1. The fourth-order valence-corrected chi connectivity index (χ4v) is 6.55. The van der Waals surface area contributed by atoms with E-state index in [1.165, 1.54) is 4.90 Å². The molecule has 44 heavy (non-hydrogen) atoms. The van der Waals surface area contributed by atoms with E-state index >= 15 is 0 Å². The Morgan fingerprint density at radius 3 is 2.75 bits per heavy atom. The van der Waals surface area contributed by atoms with Crippen LogP contribution >= 0.6 is 11.6 Å². The van der Waals surface area contributed by atoms with E-state index in [1.807, 2.05) is 41.3 Å². The monoisotopic (exact) mass is 623 g/mol. The molecule has 3 heterocycles. The summed E-state index contributed by atoms with van der Waals surface area (Å²) in [5, 5.41) is 2.55. The van der Waals surface area contributed by atoms with Gasteiger partial charge in [-0.3, -0.25) is 4.79 Å². The molecule has 1 aromatic heterocycles. The zero-order valence-corrected chi connectivity index (χ0v) is 25.0. The van der Waals surface area contributed by atoms with Gasteiger partial charge in [-0.05, 0) is 50.7 Å². The number of ether oxygens (including phenoxy) is 1. The molecule has 0 unspecified atom stereocenters. The van der Waals surface area contributed by atoms with Gasteiger partial charge in [0.15, 0.2) is 5.83 Å². The van der Waals surface area contributed by atoms with E-state index in [0.29, 0.717) is 60.3 Å². The van der Waals surface area contributed by atoms with Gasteiger partial charge in [-0.1, -0.05) is 42.4 Å². The largest absolute Gasteiger partial charge is 0.463 e. The van der Waals surface area contributed by atoms with Crippen LogP contribution in [0.1, 0.15) is 32.3 Å². The topological polar surface area (TPSA) is 69.4 Å². The summed E-state index contributed by atoms with van der Waals surface area (Å²) in [5.41, 5.74) is 1.83. The predicted octanol–water partition coefficient (Wildman–Crippen LogP) is 4.99. The Bertz CT molecular complexity index is 1830. The van der Waals surface area contributed by atoms with E-state index in [9.17, 15) is 9.18 Å². The van der Waals surface area contributed by atoms with E-state index in [-0.39, 0.29) is 38.8 Å². The van der Waals surface area contributed by atoms with Crippen LogP contribution in [-0.2, 0) is 17.8 Å². The summed E-state index contributed by atoms with van der Waals surface area (Å²) in [5.74, 6) is -1.34. The van der Waals surface area contributed by atoms with Crippen molar-refractivity contribution in [2.75, 3.05) is 69.6 Å². The average Bonchev–Trinajstić information content (AvgIpc) is 3.84. The van der Waals surface area contributed by atoms with Gasteiger partial charge >= 0.3 is 6.01 Å². The lowest BCUT2D eigenvalue weighted by molar-refractivity contribution is -0.131. The molecule has 2 aromatic carbocycles. The normalized spacial score (nSPS) is 21.7. The van der Waals surface area contributed by atoms with Gasteiger partial charge in [0.2, 0.25) is 6.54 Å². The van der Waals surface area contributed by atoms with Crippen molar-refractivity contribution in [1.82, 2.24) is 19.8 Å². The molecule has 0 N–H and O–H groups in total. The lowest BCUT2D eigenvalue weighted by Crippen LogP contribution is -2.57. The Labute approximate surface area is 271 Å². The van der Waals surface area contributed by atoms with Crippen molar-refractivity contribution in [2.24, 2.45) is 5.41 Å². The van der Waals surface area contributed by atoms with Crippen molar-refractivity contribution >= 4 is 39.8 Å². The minimum absolute atomic E-state index is 0.0117. The maximum atomic E-state index is 13.9. The Morgan fingerprint density at radius 1 is 1.23 bits per heavy atom. The number of amides is 1. The molecular weight excluding hydrogens is 581 g/mol. The molecule has 0 bridgehead atoms.